The first kappa shape index (κ1) is 11.7. The zero-order chi connectivity index (χ0) is 13.3. The van der Waals surface area contributed by atoms with Crippen molar-refractivity contribution in [2.45, 2.75) is 4.90 Å². The predicted octanol–water partition coefficient (Wildman–Crippen LogP) is 1.75. The number of para-hydroxylation sites is 1. The van der Waals surface area contributed by atoms with E-state index in [-0.39, 0.29) is 4.90 Å². The summed E-state index contributed by atoms with van der Waals surface area (Å²) in [7, 11) is -3.48. The van der Waals surface area contributed by atoms with Gasteiger partial charge in [0.25, 0.3) is 10.0 Å². The normalized spacial score (nSPS) is 17.8. The van der Waals surface area contributed by atoms with Crippen molar-refractivity contribution in [3.05, 3.63) is 60.2 Å². The third-order valence-electron chi connectivity index (χ3n) is 2.73. The van der Waals surface area contributed by atoms with E-state index in [9.17, 15) is 8.42 Å². The Hall–Kier alpha value is -2.34. The zero-order valence-corrected chi connectivity index (χ0v) is 10.7. The molecule has 0 bridgehead atoms. The fourth-order valence-corrected chi connectivity index (χ4v) is 3.08. The second kappa shape index (κ2) is 4.40. The highest BCUT2D eigenvalue weighted by Gasteiger charge is 2.30. The Morgan fingerprint density at radius 3 is 2.42 bits per heavy atom. The lowest BCUT2D eigenvalue weighted by molar-refractivity contribution is 0.595. The number of fused-ring (bicyclic) bond motifs is 1. The average Bonchev–Trinajstić information content (AvgIpc) is 2.70. The highest BCUT2D eigenvalue weighted by atomic mass is 32.2. The van der Waals surface area contributed by atoms with Crippen molar-refractivity contribution in [3.63, 3.8) is 0 Å². The van der Waals surface area contributed by atoms with Crippen LogP contribution in [0.2, 0.25) is 0 Å². The first-order chi connectivity index (χ1) is 9.17. The number of hydrogen-bond acceptors (Lipinski definition) is 4. The molecule has 1 aliphatic rings. The topological polar surface area (TPSA) is 70.6 Å². The highest BCUT2D eigenvalue weighted by molar-refractivity contribution is 7.90. The van der Waals surface area contributed by atoms with Gasteiger partial charge in [-0.15, -0.1) is 0 Å². The van der Waals surface area contributed by atoms with E-state index < -0.39 is 10.0 Å². The number of anilines is 1. The van der Waals surface area contributed by atoms with Crippen molar-refractivity contribution >= 4 is 21.5 Å². The molecule has 0 radical (unpaired) electrons. The van der Waals surface area contributed by atoms with Crippen LogP contribution in [-0.2, 0) is 10.0 Å². The summed E-state index contributed by atoms with van der Waals surface area (Å²) in [5.41, 5.74) is 4.19. The van der Waals surface area contributed by atoms with Crippen LogP contribution in [0.1, 0.15) is 5.56 Å². The van der Waals surface area contributed by atoms with Gasteiger partial charge in [-0.25, -0.2) is 8.42 Å². The molecule has 0 atom stereocenters. The third-order valence-corrected chi connectivity index (χ3v) is 4.13. The summed E-state index contributed by atoms with van der Waals surface area (Å²) in [5, 5.41) is 4.11. The molecule has 2 aromatic rings. The molecule has 0 fully saturated rings. The van der Waals surface area contributed by atoms with Gasteiger partial charge < -0.3 is 0 Å². The first-order valence-corrected chi connectivity index (χ1v) is 7.16. The van der Waals surface area contributed by atoms with Crippen molar-refractivity contribution in [3.8, 4) is 0 Å². The molecule has 1 aliphatic heterocycles. The van der Waals surface area contributed by atoms with E-state index in [1.54, 1.807) is 24.3 Å². The van der Waals surface area contributed by atoms with Crippen LogP contribution in [0.15, 0.2) is 64.6 Å². The Morgan fingerprint density at radius 2 is 1.63 bits per heavy atom. The van der Waals surface area contributed by atoms with E-state index in [0.29, 0.717) is 11.4 Å². The predicted molar refractivity (Wildman–Crippen MR) is 73.4 cm³/mol. The molecule has 6 heteroatoms. The molecule has 0 amide bonds. The summed E-state index contributed by atoms with van der Waals surface area (Å²) in [6, 6.07) is 16.1. The smallest absolute Gasteiger partial charge is 0.263 e. The van der Waals surface area contributed by atoms with E-state index in [2.05, 4.69) is 15.2 Å². The van der Waals surface area contributed by atoms with E-state index in [1.807, 2.05) is 30.3 Å². The van der Waals surface area contributed by atoms with Crippen LogP contribution in [-0.4, -0.2) is 14.3 Å². The molecule has 2 N–H and O–H groups in total. The molecule has 5 nitrogen and oxygen atoms in total. The van der Waals surface area contributed by atoms with Gasteiger partial charge in [-0.1, -0.05) is 30.3 Å². The summed E-state index contributed by atoms with van der Waals surface area (Å²) in [6.07, 6.45) is 0. The number of rotatable bonds is 2. The SMILES string of the molecule is O=S1(=O)NC(=NNc2ccccc2)c2ccccc21. The largest absolute Gasteiger partial charge is 0.276 e. The molecule has 96 valence electrons. The molecule has 19 heavy (non-hydrogen) atoms. The van der Waals surface area contributed by atoms with Crippen LogP contribution in [0.3, 0.4) is 0 Å². The van der Waals surface area contributed by atoms with Crippen molar-refractivity contribution in [2.75, 3.05) is 5.43 Å². The fraction of sp³-hybridized carbons (Fsp3) is 0. The third kappa shape index (κ3) is 2.17. The Morgan fingerprint density at radius 1 is 0.947 bits per heavy atom. The van der Waals surface area contributed by atoms with Gasteiger partial charge in [-0.05, 0) is 24.3 Å². The molecule has 0 aliphatic carbocycles. The van der Waals surface area contributed by atoms with Crippen LogP contribution in [0.4, 0.5) is 5.69 Å². The molecular formula is C13H11N3O2S. The van der Waals surface area contributed by atoms with Gasteiger partial charge in [-0.2, -0.15) is 5.10 Å². The average molecular weight is 273 g/mol. The van der Waals surface area contributed by atoms with Gasteiger partial charge in [0, 0.05) is 5.56 Å². The van der Waals surface area contributed by atoms with E-state index in [1.165, 1.54) is 0 Å². The van der Waals surface area contributed by atoms with Crippen LogP contribution in [0.25, 0.3) is 0 Å². The zero-order valence-electron chi connectivity index (χ0n) is 9.87. The second-order valence-electron chi connectivity index (χ2n) is 4.04. The Kier molecular flexibility index (Phi) is 2.72. The molecule has 0 saturated carbocycles. The van der Waals surface area contributed by atoms with Gasteiger partial charge in [-0.3, -0.25) is 10.1 Å². The number of nitrogens with one attached hydrogen (secondary N) is 2. The molecule has 0 unspecified atom stereocenters. The Labute approximate surface area is 111 Å². The van der Waals surface area contributed by atoms with Gasteiger partial charge in [0.15, 0.2) is 5.84 Å². The summed E-state index contributed by atoms with van der Waals surface area (Å²) >= 11 is 0. The van der Waals surface area contributed by atoms with E-state index >= 15 is 0 Å². The lowest BCUT2D eigenvalue weighted by Crippen LogP contribution is -2.23. The fourth-order valence-electron chi connectivity index (χ4n) is 1.85. The number of nitrogens with zero attached hydrogens (tertiary/aromatic N) is 1. The van der Waals surface area contributed by atoms with Gasteiger partial charge in [0.2, 0.25) is 0 Å². The molecule has 0 saturated heterocycles. The quantitative estimate of drug-likeness (QED) is 0.819. The van der Waals surface area contributed by atoms with Crippen molar-refractivity contribution in [1.82, 2.24) is 4.72 Å². The highest BCUT2D eigenvalue weighted by Crippen LogP contribution is 2.22. The van der Waals surface area contributed by atoms with Gasteiger partial charge in [0.05, 0.1) is 10.6 Å². The van der Waals surface area contributed by atoms with Crippen molar-refractivity contribution < 1.29 is 8.42 Å². The van der Waals surface area contributed by atoms with Crippen LogP contribution < -0.4 is 10.1 Å². The molecule has 0 aromatic heterocycles. The number of hydrogen-bond donors (Lipinski definition) is 2. The molecule has 0 spiro atoms. The van der Waals surface area contributed by atoms with Gasteiger partial charge in [0.1, 0.15) is 0 Å². The van der Waals surface area contributed by atoms with Crippen LogP contribution >= 0.6 is 0 Å². The molecule has 1 heterocycles. The lowest BCUT2D eigenvalue weighted by Gasteiger charge is -2.01. The van der Waals surface area contributed by atoms with E-state index in [4.69, 9.17) is 0 Å². The number of benzene rings is 2. The minimum absolute atomic E-state index is 0.253. The number of amidine groups is 1. The van der Waals surface area contributed by atoms with Crippen molar-refractivity contribution in [1.29, 1.82) is 0 Å². The standard InChI is InChI=1S/C13H11N3O2S/c17-19(18)12-9-5-4-8-11(12)13(16-19)15-14-10-6-2-1-3-7-10/h1-9,14H,(H,15,16). The minimum Gasteiger partial charge on any atom is -0.276 e. The van der Waals surface area contributed by atoms with Gasteiger partial charge >= 0.3 is 0 Å². The van der Waals surface area contributed by atoms with Crippen LogP contribution in [0.5, 0.6) is 0 Å². The van der Waals surface area contributed by atoms with E-state index in [0.717, 1.165) is 5.69 Å². The first-order valence-electron chi connectivity index (χ1n) is 5.68. The lowest BCUT2D eigenvalue weighted by atomic mass is 10.2. The maximum atomic E-state index is 11.9. The Balaban J connectivity index is 1.96. The van der Waals surface area contributed by atoms with Crippen molar-refractivity contribution in [2.24, 2.45) is 5.10 Å². The molecule has 3 rings (SSSR count). The minimum atomic E-state index is -3.48. The summed E-state index contributed by atoms with van der Waals surface area (Å²) < 4.78 is 26.1. The molecular weight excluding hydrogens is 262 g/mol. The monoisotopic (exact) mass is 273 g/mol. The second-order valence-corrected chi connectivity index (χ2v) is 5.69. The Bertz CT molecular complexity index is 739. The van der Waals surface area contributed by atoms with Crippen LogP contribution in [0, 0.1) is 0 Å². The molecule has 2 aromatic carbocycles. The summed E-state index contributed by atoms with van der Waals surface area (Å²) in [6.45, 7) is 0. The summed E-state index contributed by atoms with van der Waals surface area (Å²) in [4.78, 5) is 0.253. The maximum absolute atomic E-state index is 11.9. The number of hydrazone groups is 1. The summed E-state index contributed by atoms with van der Waals surface area (Å²) in [5.74, 6) is 0.305. The number of sulfonamides is 1. The maximum Gasteiger partial charge on any atom is 0.263 e.